The topological polar surface area (TPSA) is 53.9 Å². The molecule has 5 heteroatoms. The van der Waals surface area contributed by atoms with Gasteiger partial charge in [-0.15, -0.1) is 0 Å². The van der Waals surface area contributed by atoms with Crippen molar-refractivity contribution in [3.63, 3.8) is 0 Å². The van der Waals surface area contributed by atoms with E-state index in [0.29, 0.717) is 13.1 Å². The minimum Gasteiger partial charge on any atom is -0.359 e. The van der Waals surface area contributed by atoms with E-state index in [1.54, 1.807) is 0 Å². The average Bonchev–Trinajstić information content (AvgIpc) is 3.21. The first-order valence-corrected chi connectivity index (χ1v) is 7.20. The van der Waals surface area contributed by atoms with Crippen LogP contribution in [0.3, 0.4) is 0 Å². The SMILES string of the molecule is O=C1CCCN1Cn1c(-c2ccc[nH]2)nc2ccccc21. The number of para-hydroxylation sites is 2. The third-order valence-electron chi connectivity index (χ3n) is 3.98. The van der Waals surface area contributed by atoms with E-state index in [1.807, 2.05) is 41.4 Å². The van der Waals surface area contributed by atoms with Gasteiger partial charge in [0, 0.05) is 19.2 Å². The monoisotopic (exact) mass is 280 g/mol. The summed E-state index contributed by atoms with van der Waals surface area (Å²) in [6, 6.07) is 12.0. The van der Waals surface area contributed by atoms with Gasteiger partial charge in [0.25, 0.3) is 0 Å². The third kappa shape index (κ3) is 2.01. The molecular weight excluding hydrogens is 264 g/mol. The fraction of sp³-hybridized carbons (Fsp3) is 0.250. The van der Waals surface area contributed by atoms with Crippen LogP contribution in [-0.2, 0) is 11.5 Å². The van der Waals surface area contributed by atoms with Crippen LogP contribution in [-0.4, -0.2) is 31.9 Å². The van der Waals surface area contributed by atoms with E-state index in [1.165, 1.54) is 0 Å². The Hall–Kier alpha value is -2.56. The molecule has 0 spiro atoms. The highest BCUT2D eigenvalue weighted by Crippen LogP contribution is 2.25. The van der Waals surface area contributed by atoms with Gasteiger partial charge in [0.15, 0.2) is 5.82 Å². The number of aromatic amines is 1. The van der Waals surface area contributed by atoms with Crippen LogP contribution in [0.2, 0.25) is 0 Å². The Kier molecular flexibility index (Phi) is 2.77. The molecule has 4 rings (SSSR count). The number of aromatic nitrogens is 3. The minimum absolute atomic E-state index is 0.227. The molecule has 0 atom stereocenters. The number of nitrogens with zero attached hydrogens (tertiary/aromatic N) is 3. The van der Waals surface area contributed by atoms with Gasteiger partial charge in [-0.1, -0.05) is 12.1 Å². The maximum atomic E-state index is 11.9. The summed E-state index contributed by atoms with van der Waals surface area (Å²) in [4.78, 5) is 21.7. The number of rotatable bonds is 3. The van der Waals surface area contributed by atoms with Crippen LogP contribution >= 0.6 is 0 Å². The lowest BCUT2D eigenvalue weighted by molar-refractivity contribution is -0.129. The fourth-order valence-electron chi connectivity index (χ4n) is 2.92. The van der Waals surface area contributed by atoms with Gasteiger partial charge >= 0.3 is 0 Å². The number of likely N-dealkylation sites (tertiary alicyclic amines) is 1. The largest absolute Gasteiger partial charge is 0.359 e. The summed E-state index contributed by atoms with van der Waals surface area (Å²) in [5, 5.41) is 0. The highest BCUT2D eigenvalue weighted by atomic mass is 16.2. The van der Waals surface area contributed by atoms with E-state index in [4.69, 9.17) is 4.98 Å². The molecule has 5 nitrogen and oxygen atoms in total. The molecule has 0 aliphatic carbocycles. The highest BCUT2D eigenvalue weighted by Gasteiger charge is 2.22. The maximum Gasteiger partial charge on any atom is 0.224 e. The summed E-state index contributed by atoms with van der Waals surface area (Å²) in [6.07, 6.45) is 3.49. The number of carbonyl (C=O) groups is 1. The van der Waals surface area contributed by atoms with Crippen molar-refractivity contribution in [2.24, 2.45) is 0 Å². The van der Waals surface area contributed by atoms with E-state index in [-0.39, 0.29) is 5.91 Å². The molecule has 3 aromatic rings. The Morgan fingerprint density at radius 2 is 2.10 bits per heavy atom. The smallest absolute Gasteiger partial charge is 0.224 e. The van der Waals surface area contributed by atoms with Gasteiger partial charge < -0.3 is 14.5 Å². The zero-order chi connectivity index (χ0) is 14.2. The molecule has 1 fully saturated rings. The van der Waals surface area contributed by atoms with Gasteiger partial charge in [-0.25, -0.2) is 4.98 Å². The second-order valence-corrected chi connectivity index (χ2v) is 5.34. The molecule has 3 heterocycles. The lowest BCUT2D eigenvalue weighted by atomic mass is 10.3. The number of hydrogen-bond donors (Lipinski definition) is 1. The Morgan fingerprint density at radius 3 is 2.86 bits per heavy atom. The zero-order valence-electron chi connectivity index (χ0n) is 11.6. The number of amides is 1. The van der Waals surface area contributed by atoms with Gasteiger partial charge in [0.05, 0.1) is 23.4 Å². The number of H-pyrrole nitrogens is 1. The summed E-state index contributed by atoms with van der Waals surface area (Å²) in [6.45, 7) is 1.39. The van der Waals surface area contributed by atoms with Crippen molar-refractivity contribution in [1.82, 2.24) is 19.4 Å². The van der Waals surface area contributed by atoms with Crippen LogP contribution in [0.25, 0.3) is 22.6 Å². The van der Waals surface area contributed by atoms with E-state index >= 15 is 0 Å². The quantitative estimate of drug-likeness (QED) is 0.801. The number of hydrogen-bond acceptors (Lipinski definition) is 2. The summed E-state index contributed by atoms with van der Waals surface area (Å²) in [7, 11) is 0. The van der Waals surface area contributed by atoms with E-state index < -0.39 is 0 Å². The van der Waals surface area contributed by atoms with Gasteiger partial charge in [-0.05, 0) is 30.7 Å². The van der Waals surface area contributed by atoms with Crippen LogP contribution in [0, 0.1) is 0 Å². The Labute approximate surface area is 122 Å². The van der Waals surface area contributed by atoms with Gasteiger partial charge in [0.2, 0.25) is 5.91 Å². The first kappa shape index (κ1) is 12.2. The summed E-state index contributed by atoms with van der Waals surface area (Å²) in [5.41, 5.74) is 2.98. The van der Waals surface area contributed by atoms with Crippen molar-refractivity contribution in [3.8, 4) is 11.5 Å². The number of benzene rings is 1. The predicted octanol–water partition coefficient (Wildman–Crippen LogP) is 2.61. The van der Waals surface area contributed by atoms with E-state index in [9.17, 15) is 4.79 Å². The van der Waals surface area contributed by atoms with Crippen molar-refractivity contribution < 1.29 is 4.79 Å². The molecule has 1 N–H and O–H groups in total. The normalized spacial score (nSPS) is 15.2. The lowest BCUT2D eigenvalue weighted by Gasteiger charge is -2.18. The number of nitrogens with one attached hydrogen (secondary N) is 1. The van der Waals surface area contributed by atoms with E-state index in [0.717, 1.165) is 35.5 Å². The van der Waals surface area contributed by atoms with Crippen LogP contribution < -0.4 is 0 Å². The van der Waals surface area contributed by atoms with Gasteiger partial charge in [-0.3, -0.25) is 4.79 Å². The lowest BCUT2D eigenvalue weighted by Crippen LogP contribution is -2.27. The van der Waals surface area contributed by atoms with Crippen molar-refractivity contribution in [1.29, 1.82) is 0 Å². The van der Waals surface area contributed by atoms with Crippen molar-refractivity contribution in [2.45, 2.75) is 19.5 Å². The molecule has 1 aliphatic rings. The molecule has 0 unspecified atom stereocenters. The van der Waals surface area contributed by atoms with Gasteiger partial charge in [0.1, 0.15) is 0 Å². The van der Waals surface area contributed by atoms with Crippen LogP contribution in [0.15, 0.2) is 42.6 Å². The zero-order valence-corrected chi connectivity index (χ0v) is 11.6. The molecule has 21 heavy (non-hydrogen) atoms. The second kappa shape index (κ2) is 4.77. The van der Waals surface area contributed by atoms with Crippen LogP contribution in [0.4, 0.5) is 0 Å². The molecule has 2 aromatic heterocycles. The molecule has 0 bridgehead atoms. The summed E-state index contributed by atoms with van der Waals surface area (Å²) < 4.78 is 2.12. The molecule has 1 aliphatic heterocycles. The van der Waals surface area contributed by atoms with Crippen LogP contribution in [0.5, 0.6) is 0 Å². The number of carbonyl (C=O) groups excluding carboxylic acids is 1. The molecule has 1 saturated heterocycles. The Morgan fingerprint density at radius 1 is 1.19 bits per heavy atom. The first-order chi connectivity index (χ1) is 10.3. The molecule has 1 amide bonds. The number of fused-ring (bicyclic) bond motifs is 1. The second-order valence-electron chi connectivity index (χ2n) is 5.34. The van der Waals surface area contributed by atoms with E-state index in [2.05, 4.69) is 15.6 Å². The minimum atomic E-state index is 0.227. The Balaban J connectivity index is 1.84. The first-order valence-electron chi connectivity index (χ1n) is 7.20. The Bertz CT molecular complexity index is 788. The molecular formula is C16H16N4O. The summed E-state index contributed by atoms with van der Waals surface area (Å²) in [5.74, 6) is 1.10. The van der Waals surface area contributed by atoms with Crippen molar-refractivity contribution in [2.75, 3.05) is 6.54 Å². The molecule has 106 valence electrons. The molecule has 1 aromatic carbocycles. The van der Waals surface area contributed by atoms with Crippen molar-refractivity contribution >= 4 is 16.9 Å². The molecule has 0 radical (unpaired) electrons. The fourth-order valence-corrected chi connectivity index (χ4v) is 2.92. The molecule has 0 saturated carbocycles. The average molecular weight is 280 g/mol. The highest BCUT2D eigenvalue weighted by molar-refractivity contribution is 5.81. The summed E-state index contributed by atoms with van der Waals surface area (Å²) >= 11 is 0. The van der Waals surface area contributed by atoms with Gasteiger partial charge in [-0.2, -0.15) is 0 Å². The third-order valence-corrected chi connectivity index (χ3v) is 3.98. The van der Waals surface area contributed by atoms with Crippen LogP contribution in [0.1, 0.15) is 12.8 Å². The number of imidazole rings is 1. The maximum absolute atomic E-state index is 11.9. The van der Waals surface area contributed by atoms with Crippen molar-refractivity contribution in [3.05, 3.63) is 42.6 Å². The standard InChI is InChI=1S/C16H16N4O/c21-15-8-4-10-19(15)11-20-14-7-2-1-5-12(14)18-16(20)13-6-3-9-17-13/h1-3,5-7,9,17H,4,8,10-11H2. The predicted molar refractivity (Wildman–Crippen MR) is 80.5 cm³/mol.